The van der Waals surface area contributed by atoms with Gasteiger partial charge in [0.2, 0.25) is 0 Å². The molecule has 1 heterocycles. The zero-order valence-electron chi connectivity index (χ0n) is 9.67. The quantitative estimate of drug-likeness (QED) is 0.859. The Kier molecular flexibility index (Phi) is 2.82. The van der Waals surface area contributed by atoms with Crippen molar-refractivity contribution < 1.29 is 13.2 Å². The van der Waals surface area contributed by atoms with Crippen molar-refractivity contribution in [2.45, 2.75) is 24.8 Å². The fraction of sp³-hybridized carbons (Fsp3) is 0.364. The highest BCUT2D eigenvalue weighted by Gasteiger charge is 2.36. The summed E-state index contributed by atoms with van der Waals surface area (Å²) in [7, 11) is -3.72. The van der Waals surface area contributed by atoms with E-state index in [0.29, 0.717) is 0 Å². The lowest BCUT2D eigenvalue weighted by Gasteiger charge is -2.14. The number of rotatable bonds is 2. The minimum Gasteiger partial charge on any atom is -0.333 e. The maximum absolute atomic E-state index is 12.2. The molecule has 1 saturated heterocycles. The molecule has 0 spiro atoms. The molecule has 1 fully saturated rings. The van der Waals surface area contributed by atoms with E-state index >= 15 is 0 Å². The first-order valence-electron chi connectivity index (χ1n) is 5.31. The fourth-order valence-corrected chi connectivity index (χ4v) is 3.13. The second-order valence-electron chi connectivity index (χ2n) is 4.20. The molecule has 1 N–H and O–H groups in total. The molecule has 5 nitrogen and oxygen atoms in total. The van der Waals surface area contributed by atoms with Crippen molar-refractivity contribution in [3.8, 4) is 0 Å². The zero-order valence-corrected chi connectivity index (χ0v) is 10.5. The number of sulfonamides is 1. The minimum absolute atomic E-state index is 0.146. The second-order valence-corrected chi connectivity index (χ2v) is 6.06. The van der Waals surface area contributed by atoms with Gasteiger partial charge in [-0.15, -0.1) is 0 Å². The van der Waals surface area contributed by atoms with Crippen LogP contribution in [0.3, 0.4) is 0 Å². The number of nitrogens with zero attached hydrogens (tertiary/aromatic N) is 1. The summed E-state index contributed by atoms with van der Waals surface area (Å²) in [6.07, 6.45) is 0. The summed E-state index contributed by atoms with van der Waals surface area (Å²) in [5.74, 6) is 0. The van der Waals surface area contributed by atoms with Crippen molar-refractivity contribution in [2.24, 2.45) is 0 Å². The van der Waals surface area contributed by atoms with Gasteiger partial charge in [-0.1, -0.05) is 17.7 Å². The van der Waals surface area contributed by atoms with Crippen LogP contribution in [0.15, 0.2) is 29.2 Å². The number of carbonyl (C=O) groups is 1. The van der Waals surface area contributed by atoms with Crippen LogP contribution in [0.5, 0.6) is 0 Å². The monoisotopic (exact) mass is 254 g/mol. The maximum atomic E-state index is 12.2. The summed E-state index contributed by atoms with van der Waals surface area (Å²) in [6.45, 7) is 3.82. The lowest BCUT2D eigenvalue weighted by Crippen LogP contribution is -2.34. The number of hydrogen-bond acceptors (Lipinski definition) is 3. The molecule has 1 aromatic carbocycles. The van der Waals surface area contributed by atoms with Gasteiger partial charge in [0.1, 0.15) is 0 Å². The Morgan fingerprint density at radius 2 is 1.88 bits per heavy atom. The molecule has 0 aromatic heterocycles. The van der Waals surface area contributed by atoms with Crippen LogP contribution >= 0.6 is 0 Å². The first-order chi connectivity index (χ1) is 7.91. The third-order valence-electron chi connectivity index (χ3n) is 2.65. The summed E-state index contributed by atoms with van der Waals surface area (Å²) in [4.78, 5) is 11.7. The highest BCUT2D eigenvalue weighted by Crippen LogP contribution is 2.19. The van der Waals surface area contributed by atoms with Crippen LogP contribution in [-0.2, 0) is 10.0 Å². The van der Waals surface area contributed by atoms with Crippen LogP contribution < -0.4 is 5.32 Å². The van der Waals surface area contributed by atoms with Gasteiger partial charge in [0.05, 0.1) is 11.4 Å². The number of carbonyl (C=O) groups excluding carboxylic acids is 1. The molecule has 6 heteroatoms. The Morgan fingerprint density at radius 3 is 2.35 bits per heavy atom. The Morgan fingerprint density at radius 1 is 1.29 bits per heavy atom. The van der Waals surface area contributed by atoms with E-state index in [9.17, 15) is 13.2 Å². The summed E-state index contributed by atoms with van der Waals surface area (Å²) >= 11 is 0. The summed E-state index contributed by atoms with van der Waals surface area (Å²) in [5, 5.41) is 2.56. The average molecular weight is 254 g/mol. The van der Waals surface area contributed by atoms with Crippen LogP contribution in [0, 0.1) is 6.92 Å². The Hall–Kier alpha value is -1.56. The van der Waals surface area contributed by atoms with Gasteiger partial charge in [0, 0.05) is 6.04 Å². The lowest BCUT2D eigenvalue weighted by molar-refractivity contribution is 0.235. The molecule has 92 valence electrons. The van der Waals surface area contributed by atoms with Crippen molar-refractivity contribution in [3.63, 3.8) is 0 Å². The van der Waals surface area contributed by atoms with Crippen LogP contribution in [0.1, 0.15) is 12.5 Å². The zero-order chi connectivity index (χ0) is 12.6. The topological polar surface area (TPSA) is 66.5 Å². The normalized spacial score (nSPS) is 20.5. The Balaban J connectivity index is 2.37. The van der Waals surface area contributed by atoms with Gasteiger partial charge in [-0.3, -0.25) is 0 Å². The lowest BCUT2D eigenvalue weighted by atomic mass is 10.2. The second kappa shape index (κ2) is 4.03. The van der Waals surface area contributed by atoms with Crippen LogP contribution in [0.4, 0.5) is 4.79 Å². The van der Waals surface area contributed by atoms with Crippen LogP contribution in [0.2, 0.25) is 0 Å². The van der Waals surface area contributed by atoms with E-state index in [1.54, 1.807) is 19.1 Å². The molecular formula is C11H14N2O3S. The highest BCUT2D eigenvalue weighted by atomic mass is 32.2. The summed E-state index contributed by atoms with van der Waals surface area (Å²) in [6, 6.07) is 5.75. The van der Waals surface area contributed by atoms with Gasteiger partial charge in [-0.05, 0) is 26.0 Å². The number of amides is 2. The van der Waals surface area contributed by atoms with Gasteiger partial charge in [-0.2, -0.15) is 0 Å². The molecular weight excluding hydrogens is 240 g/mol. The minimum atomic E-state index is -3.72. The van der Waals surface area contributed by atoms with Crippen LogP contribution in [0.25, 0.3) is 0 Å². The maximum Gasteiger partial charge on any atom is 0.331 e. The van der Waals surface area contributed by atoms with Crippen molar-refractivity contribution >= 4 is 16.1 Å². The number of hydrogen-bond donors (Lipinski definition) is 1. The molecule has 1 aromatic rings. The fourth-order valence-electron chi connectivity index (χ4n) is 1.70. The number of aryl methyl sites for hydroxylation is 1. The number of benzene rings is 1. The van der Waals surface area contributed by atoms with Gasteiger partial charge in [-0.25, -0.2) is 17.5 Å². The first kappa shape index (κ1) is 11.9. The molecule has 2 rings (SSSR count). The van der Waals surface area contributed by atoms with Gasteiger partial charge >= 0.3 is 6.03 Å². The summed E-state index contributed by atoms with van der Waals surface area (Å²) < 4.78 is 25.2. The van der Waals surface area contributed by atoms with Gasteiger partial charge < -0.3 is 5.32 Å². The van der Waals surface area contributed by atoms with E-state index in [2.05, 4.69) is 5.32 Å². The SMILES string of the molecule is Cc1ccc(S(=O)(=O)N2CC(C)NC2=O)cc1. The van der Waals surface area contributed by atoms with E-state index in [0.717, 1.165) is 9.87 Å². The van der Waals surface area contributed by atoms with Crippen molar-refractivity contribution in [1.82, 2.24) is 9.62 Å². The van der Waals surface area contributed by atoms with Crippen LogP contribution in [-0.4, -0.2) is 31.3 Å². The summed E-state index contributed by atoms with van der Waals surface area (Å²) in [5.41, 5.74) is 0.975. The molecule has 2 amide bonds. The molecule has 0 radical (unpaired) electrons. The molecule has 1 unspecified atom stereocenters. The highest BCUT2D eigenvalue weighted by molar-refractivity contribution is 7.89. The number of urea groups is 1. The average Bonchev–Trinajstić information content (AvgIpc) is 2.59. The standard InChI is InChI=1S/C11H14N2O3S/c1-8-3-5-10(6-4-8)17(15,16)13-7-9(2)12-11(13)14/h3-6,9H,7H2,1-2H3,(H,12,14). The molecule has 0 saturated carbocycles. The molecule has 17 heavy (non-hydrogen) atoms. The van der Waals surface area contributed by atoms with Crippen molar-refractivity contribution in [2.75, 3.05) is 6.54 Å². The molecule has 1 atom stereocenters. The number of nitrogens with one attached hydrogen (secondary N) is 1. The van der Waals surface area contributed by atoms with E-state index in [1.165, 1.54) is 12.1 Å². The predicted octanol–water partition coefficient (Wildman–Crippen LogP) is 1.10. The molecule has 1 aliphatic rings. The van der Waals surface area contributed by atoms with E-state index in [1.807, 2.05) is 6.92 Å². The largest absolute Gasteiger partial charge is 0.333 e. The predicted molar refractivity (Wildman–Crippen MR) is 63.1 cm³/mol. The van der Waals surface area contributed by atoms with Crippen molar-refractivity contribution in [1.29, 1.82) is 0 Å². The third-order valence-corrected chi connectivity index (χ3v) is 4.41. The van der Waals surface area contributed by atoms with E-state index < -0.39 is 16.1 Å². The van der Waals surface area contributed by atoms with Gasteiger partial charge in [0.15, 0.2) is 0 Å². The molecule has 0 bridgehead atoms. The molecule has 0 aliphatic carbocycles. The smallest absolute Gasteiger partial charge is 0.331 e. The Labute approximate surface area is 100 Å². The third kappa shape index (κ3) is 2.12. The van der Waals surface area contributed by atoms with E-state index in [4.69, 9.17) is 0 Å². The van der Waals surface area contributed by atoms with Gasteiger partial charge in [0.25, 0.3) is 10.0 Å². The first-order valence-corrected chi connectivity index (χ1v) is 6.75. The molecule has 1 aliphatic heterocycles. The van der Waals surface area contributed by atoms with E-state index in [-0.39, 0.29) is 17.5 Å². The Bertz CT molecular complexity index is 536. The van der Waals surface area contributed by atoms with Crippen molar-refractivity contribution in [3.05, 3.63) is 29.8 Å².